The Balaban J connectivity index is 2.00. The van der Waals surface area contributed by atoms with Crippen LogP contribution >= 0.6 is 11.6 Å². The second kappa shape index (κ2) is 4.52. The lowest BCUT2D eigenvalue weighted by atomic mass is 10.2. The van der Waals surface area contributed by atoms with Crippen molar-refractivity contribution in [2.45, 2.75) is 39.3 Å². The number of hydrogen-bond donors (Lipinski definition) is 0. The molecule has 2 aromatic rings. The van der Waals surface area contributed by atoms with Gasteiger partial charge in [0.1, 0.15) is 11.0 Å². The van der Waals surface area contributed by atoms with Crippen molar-refractivity contribution in [2.24, 2.45) is 7.05 Å². The molecule has 0 aliphatic carbocycles. The Bertz CT molecular complexity index is 681. The fraction of sp³-hybridized carbons (Fsp3) is 0.583. The molecule has 0 unspecified atom stereocenters. The van der Waals surface area contributed by atoms with E-state index >= 15 is 0 Å². The molecule has 0 bridgehead atoms. The number of hydrogen-bond acceptors (Lipinski definition) is 3. The van der Waals surface area contributed by atoms with Crippen molar-refractivity contribution in [3.05, 3.63) is 32.7 Å². The molecule has 102 valence electrons. The number of rotatable bonds is 2. The molecule has 0 atom stereocenters. The number of fused-ring (bicyclic) bond motifs is 1. The van der Waals surface area contributed by atoms with Gasteiger partial charge in [0.2, 0.25) is 0 Å². The smallest absolute Gasteiger partial charge is 0.279 e. The first-order chi connectivity index (χ1) is 9.08. The van der Waals surface area contributed by atoms with Gasteiger partial charge in [-0.2, -0.15) is 10.2 Å². The van der Waals surface area contributed by atoms with Crippen molar-refractivity contribution in [1.82, 2.24) is 24.1 Å². The van der Waals surface area contributed by atoms with Crippen LogP contribution in [0.2, 0.25) is 5.15 Å². The van der Waals surface area contributed by atoms with Gasteiger partial charge in [0, 0.05) is 25.6 Å². The molecule has 0 aromatic carbocycles. The molecule has 2 aromatic heterocycles. The zero-order valence-electron chi connectivity index (χ0n) is 11.1. The summed E-state index contributed by atoms with van der Waals surface area (Å²) in [4.78, 5) is 12.2. The lowest BCUT2D eigenvalue weighted by Crippen LogP contribution is -2.27. The Hall–Kier alpha value is -1.56. The number of aryl methyl sites for hydroxylation is 3. The fourth-order valence-corrected chi connectivity index (χ4v) is 2.79. The highest BCUT2D eigenvalue weighted by Gasteiger charge is 2.19. The largest absolute Gasteiger partial charge is 0.346 e. The summed E-state index contributed by atoms with van der Waals surface area (Å²) in [6.07, 6.45) is 3.02. The Kier molecular flexibility index (Phi) is 2.97. The molecule has 0 spiro atoms. The van der Waals surface area contributed by atoms with Gasteiger partial charge < -0.3 is 0 Å². The Morgan fingerprint density at radius 1 is 1.32 bits per heavy atom. The van der Waals surface area contributed by atoms with Crippen molar-refractivity contribution >= 4 is 11.6 Å². The Labute approximate surface area is 115 Å². The molecule has 0 radical (unpaired) electrons. The van der Waals surface area contributed by atoms with E-state index in [1.54, 1.807) is 16.3 Å². The van der Waals surface area contributed by atoms with E-state index in [-0.39, 0.29) is 5.69 Å². The van der Waals surface area contributed by atoms with E-state index in [0.717, 1.165) is 42.9 Å². The summed E-state index contributed by atoms with van der Waals surface area (Å²) < 4.78 is 4.88. The van der Waals surface area contributed by atoms with Crippen LogP contribution in [0.3, 0.4) is 0 Å². The monoisotopic (exact) mass is 281 g/mol. The zero-order valence-corrected chi connectivity index (χ0v) is 11.8. The maximum absolute atomic E-state index is 12.2. The molecule has 3 heterocycles. The van der Waals surface area contributed by atoms with E-state index in [2.05, 4.69) is 10.2 Å². The number of nitrogens with zero attached hydrogens (tertiary/aromatic N) is 5. The Morgan fingerprint density at radius 2 is 2.11 bits per heavy atom. The number of halogens is 1. The average molecular weight is 282 g/mol. The average Bonchev–Trinajstić information content (AvgIpc) is 2.83. The van der Waals surface area contributed by atoms with Crippen LogP contribution in [0, 0.1) is 6.92 Å². The lowest BCUT2D eigenvalue weighted by molar-refractivity contribution is 0.511. The minimum atomic E-state index is -0.0472. The van der Waals surface area contributed by atoms with Gasteiger partial charge in [-0.05, 0) is 19.8 Å². The summed E-state index contributed by atoms with van der Waals surface area (Å²) in [5, 5.41) is 9.23. The highest BCUT2D eigenvalue weighted by atomic mass is 35.5. The summed E-state index contributed by atoms with van der Waals surface area (Å²) in [5.41, 5.74) is 1.65. The van der Waals surface area contributed by atoms with Gasteiger partial charge in [-0.3, -0.25) is 9.25 Å². The van der Waals surface area contributed by atoms with Crippen molar-refractivity contribution in [3.63, 3.8) is 0 Å². The molecule has 0 saturated carbocycles. The van der Waals surface area contributed by atoms with Crippen molar-refractivity contribution in [1.29, 1.82) is 0 Å². The molecule has 1 aliphatic rings. The molecule has 0 amide bonds. The van der Waals surface area contributed by atoms with Gasteiger partial charge >= 0.3 is 5.69 Å². The number of aromatic nitrogens is 5. The minimum absolute atomic E-state index is 0.0472. The second-order valence-electron chi connectivity index (χ2n) is 4.94. The van der Waals surface area contributed by atoms with Crippen LogP contribution < -0.4 is 5.69 Å². The predicted molar refractivity (Wildman–Crippen MR) is 71.5 cm³/mol. The third-order valence-corrected chi connectivity index (χ3v) is 4.08. The molecule has 19 heavy (non-hydrogen) atoms. The summed E-state index contributed by atoms with van der Waals surface area (Å²) in [6.45, 7) is 3.05. The topological polar surface area (TPSA) is 57.6 Å². The molecular weight excluding hydrogens is 266 g/mol. The molecule has 7 heteroatoms. The van der Waals surface area contributed by atoms with Gasteiger partial charge in [-0.15, -0.1) is 0 Å². The Morgan fingerprint density at radius 3 is 2.74 bits per heavy atom. The summed E-state index contributed by atoms with van der Waals surface area (Å²) in [5.74, 6) is 0.883. The van der Waals surface area contributed by atoms with Crippen LogP contribution in [-0.2, 0) is 26.6 Å². The predicted octanol–water partition coefficient (Wildman–Crippen LogP) is 1.12. The molecule has 1 aliphatic heterocycles. The first-order valence-corrected chi connectivity index (χ1v) is 6.80. The maximum atomic E-state index is 12.2. The van der Waals surface area contributed by atoms with Gasteiger partial charge in [-0.25, -0.2) is 9.48 Å². The first-order valence-electron chi connectivity index (χ1n) is 6.42. The van der Waals surface area contributed by atoms with Gasteiger partial charge in [0.15, 0.2) is 0 Å². The van der Waals surface area contributed by atoms with Crippen LogP contribution in [-0.4, -0.2) is 24.1 Å². The summed E-state index contributed by atoms with van der Waals surface area (Å²) >= 11 is 6.19. The minimum Gasteiger partial charge on any atom is -0.279 e. The van der Waals surface area contributed by atoms with Crippen LogP contribution in [0.4, 0.5) is 0 Å². The van der Waals surface area contributed by atoms with Gasteiger partial charge in [0.05, 0.1) is 12.2 Å². The van der Waals surface area contributed by atoms with Crippen LogP contribution in [0.1, 0.15) is 29.9 Å². The van der Waals surface area contributed by atoms with Gasteiger partial charge in [-0.1, -0.05) is 11.6 Å². The molecule has 0 N–H and O–H groups in total. The molecule has 0 fully saturated rings. The molecule has 3 rings (SSSR count). The van der Waals surface area contributed by atoms with E-state index in [1.165, 1.54) is 4.68 Å². The quantitative estimate of drug-likeness (QED) is 0.829. The first kappa shape index (κ1) is 12.5. The highest BCUT2D eigenvalue weighted by molar-refractivity contribution is 6.30. The SMILES string of the molecule is Cc1nn(C)c(Cl)c1Cn1nc2n(c1=O)CCCC2. The highest BCUT2D eigenvalue weighted by Crippen LogP contribution is 2.19. The third kappa shape index (κ3) is 2.00. The molecule has 6 nitrogen and oxygen atoms in total. The zero-order chi connectivity index (χ0) is 13.6. The van der Waals surface area contributed by atoms with E-state index in [0.29, 0.717) is 11.7 Å². The fourth-order valence-electron chi connectivity index (χ4n) is 2.55. The normalized spacial score (nSPS) is 14.7. The van der Waals surface area contributed by atoms with Crippen molar-refractivity contribution in [2.75, 3.05) is 0 Å². The lowest BCUT2D eigenvalue weighted by Gasteiger charge is -2.09. The summed E-state index contributed by atoms with van der Waals surface area (Å²) in [6, 6.07) is 0. The molecule has 0 saturated heterocycles. The maximum Gasteiger partial charge on any atom is 0.346 e. The second-order valence-corrected chi connectivity index (χ2v) is 5.30. The van der Waals surface area contributed by atoms with E-state index in [4.69, 9.17) is 11.6 Å². The summed E-state index contributed by atoms with van der Waals surface area (Å²) in [7, 11) is 1.79. The van der Waals surface area contributed by atoms with E-state index in [9.17, 15) is 4.79 Å². The van der Waals surface area contributed by atoms with Crippen molar-refractivity contribution in [3.8, 4) is 0 Å². The molecular formula is C12H16ClN5O. The van der Waals surface area contributed by atoms with Gasteiger partial charge in [0.25, 0.3) is 0 Å². The van der Waals surface area contributed by atoms with E-state index < -0.39 is 0 Å². The van der Waals surface area contributed by atoms with Crippen LogP contribution in [0.25, 0.3) is 0 Å². The van der Waals surface area contributed by atoms with Crippen LogP contribution in [0.5, 0.6) is 0 Å². The van der Waals surface area contributed by atoms with Crippen LogP contribution in [0.15, 0.2) is 4.79 Å². The van der Waals surface area contributed by atoms with Crippen molar-refractivity contribution < 1.29 is 0 Å². The standard InChI is InChI=1S/C12H16ClN5O/c1-8-9(11(13)16(2)14-8)7-18-12(19)17-6-4-3-5-10(17)15-18/h3-7H2,1-2H3. The third-order valence-electron chi connectivity index (χ3n) is 3.61. The van der Waals surface area contributed by atoms with E-state index in [1.807, 2.05) is 6.92 Å².